The third-order valence-corrected chi connectivity index (χ3v) is 4.91. The summed E-state index contributed by atoms with van der Waals surface area (Å²) in [5, 5.41) is 9.19. The maximum absolute atomic E-state index is 5.57. The molecule has 1 aliphatic rings. The van der Waals surface area contributed by atoms with Gasteiger partial charge in [-0.2, -0.15) is 0 Å². The Labute approximate surface area is 98.9 Å². The van der Waals surface area contributed by atoms with E-state index >= 15 is 0 Å². The summed E-state index contributed by atoms with van der Waals surface area (Å²) in [5.74, 6) is 1.69. The zero-order valence-electron chi connectivity index (χ0n) is 9.14. The largest absolute Gasteiger partial charge is 0.374 e. The summed E-state index contributed by atoms with van der Waals surface area (Å²) < 4.78 is 1.03. The third-order valence-electron chi connectivity index (χ3n) is 2.82. The minimum Gasteiger partial charge on any atom is -0.374 e. The van der Waals surface area contributed by atoms with Crippen LogP contribution >= 0.6 is 23.1 Å². The number of thioether (sulfide) groups is 1. The number of nitrogens with two attached hydrogens (primary N) is 1. The summed E-state index contributed by atoms with van der Waals surface area (Å²) in [6, 6.07) is 0. The van der Waals surface area contributed by atoms with Crippen molar-refractivity contribution in [3.8, 4) is 0 Å². The number of hydrogen-bond donors (Lipinski definition) is 1. The standard InChI is InChI=1S/C10H17N3S2/c1-6-3-7(2)5-8(4-6)14-10-13-12-9(11)15-10/h6-8H,3-5H2,1-2H3,(H2,11,12). The van der Waals surface area contributed by atoms with Gasteiger partial charge in [-0.15, -0.1) is 10.2 Å². The predicted octanol–water partition coefficient (Wildman–Crippen LogP) is 3.04. The summed E-state index contributed by atoms with van der Waals surface area (Å²) in [6.07, 6.45) is 3.97. The van der Waals surface area contributed by atoms with Gasteiger partial charge >= 0.3 is 0 Å². The van der Waals surface area contributed by atoms with Crippen LogP contribution in [0.3, 0.4) is 0 Å². The average Bonchev–Trinajstić information content (AvgIpc) is 2.49. The second-order valence-electron chi connectivity index (χ2n) is 4.56. The fourth-order valence-corrected chi connectivity index (χ4v) is 4.80. The van der Waals surface area contributed by atoms with Crippen LogP contribution in [0.1, 0.15) is 33.1 Å². The van der Waals surface area contributed by atoms with Crippen molar-refractivity contribution >= 4 is 28.2 Å². The number of nitrogens with zero attached hydrogens (tertiary/aromatic N) is 2. The SMILES string of the molecule is CC1CC(C)CC(Sc2nnc(N)s2)C1. The van der Waals surface area contributed by atoms with E-state index in [1.54, 1.807) is 0 Å². The van der Waals surface area contributed by atoms with Crippen molar-refractivity contribution in [3.63, 3.8) is 0 Å². The highest BCUT2D eigenvalue weighted by Crippen LogP contribution is 2.39. The Balaban J connectivity index is 1.94. The van der Waals surface area contributed by atoms with Crippen LogP contribution in [0, 0.1) is 11.8 Å². The summed E-state index contributed by atoms with van der Waals surface area (Å²) in [6.45, 7) is 4.69. The second-order valence-corrected chi connectivity index (χ2v) is 7.12. The molecule has 0 amide bonds. The first-order valence-corrected chi connectivity index (χ1v) is 7.08. The van der Waals surface area contributed by atoms with Crippen LogP contribution in [0.4, 0.5) is 5.13 Å². The number of anilines is 1. The molecular weight excluding hydrogens is 226 g/mol. The quantitative estimate of drug-likeness (QED) is 0.867. The maximum Gasteiger partial charge on any atom is 0.203 e. The molecule has 1 aromatic rings. The van der Waals surface area contributed by atoms with E-state index < -0.39 is 0 Å². The van der Waals surface area contributed by atoms with Gasteiger partial charge < -0.3 is 5.73 Å². The fraction of sp³-hybridized carbons (Fsp3) is 0.800. The Bertz CT molecular complexity index is 316. The average molecular weight is 243 g/mol. The summed E-state index contributed by atoms with van der Waals surface area (Å²) in [4.78, 5) is 0. The molecular formula is C10H17N3S2. The van der Waals surface area contributed by atoms with Crippen LogP contribution in [0.2, 0.25) is 0 Å². The van der Waals surface area contributed by atoms with Crippen molar-refractivity contribution < 1.29 is 0 Å². The summed E-state index contributed by atoms with van der Waals surface area (Å²) >= 11 is 3.36. The Morgan fingerprint density at radius 1 is 1.20 bits per heavy atom. The molecule has 2 atom stereocenters. The lowest BCUT2D eigenvalue weighted by atomic mass is 9.83. The lowest BCUT2D eigenvalue weighted by Gasteiger charge is -2.30. The van der Waals surface area contributed by atoms with Crippen molar-refractivity contribution in [2.75, 3.05) is 5.73 Å². The minimum atomic E-state index is 0.578. The molecule has 0 aromatic carbocycles. The van der Waals surface area contributed by atoms with E-state index in [0.29, 0.717) is 10.4 Å². The molecule has 0 radical (unpaired) electrons. The van der Waals surface area contributed by atoms with Crippen LogP contribution < -0.4 is 5.73 Å². The molecule has 3 nitrogen and oxygen atoms in total. The lowest BCUT2D eigenvalue weighted by Crippen LogP contribution is -2.21. The van der Waals surface area contributed by atoms with Crippen molar-refractivity contribution in [2.45, 2.75) is 42.7 Å². The number of nitrogen functional groups attached to an aromatic ring is 1. The highest BCUT2D eigenvalue weighted by molar-refractivity contribution is 8.01. The monoisotopic (exact) mass is 243 g/mol. The van der Waals surface area contributed by atoms with E-state index in [0.717, 1.165) is 16.2 Å². The number of hydrogen-bond acceptors (Lipinski definition) is 5. The molecule has 0 saturated heterocycles. The minimum absolute atomic E-state index is 0.578. The van der Waals surface area contributed by atoms with Crippen LogP contribution in [0.15, 0.2) is 4.34 Å². The Morgan fingerprint density at radius 3 is 2.40 bits per heavy atom. The zero-order chi connectivity index (χ0) is 10.8. The number of aromatic nitrogens is 2. The van der Waals surface area contributed by atoms with Gasteiger partial charge in [-0.1, -0.05) is 36.9 Å². The molecule has 0 bridgehead atoms. The molecule has 5 heteroatoms. The van der Waals surface area contributed by atoms with Crippen LogP contribution in [0.5, 0.6) is 0 Å². The summed E-state index contributed by atoms with van der Waals surface area (Å²) in [7, 11) is 0. The zero-order valence-corrected chi connectivity index (χ0v) is 10.8. The van der Waals surface area contributed by atoms with Gasteiger partial charge in [-0.3, -0.25) is 0 Å². The van der Waals surface area contributed by atoms with E-state index in [1.165, 1.54) is 30.6 Å². The van der Waals surface area contributed by atoms with Gasteiger partial charge in [0, 0.05) is 5.25 Å². The van der Waals surface area contributed by atoms with Gasteiger partial charge in [0.15, 0.2) is 4.34 Å². The van der Waals surface area contributed by atoms with Gasteiger partial charge in [0.1, 0.15) is 0 Å². The molecule has 1 heterocycles. The molecule has 1 saturated carbocycles. The Morgan fingerprint density at radius 2 is 1.87 bits per heavy atom. The number of rotatable bonds is 2. The van der Waals surface area contributed by atoms with Crippen LogP contribution in [-0.2, 0) is 0 Å². The van der Waals surface area contributed by atoms with Crippen molar-refractivity contribution in [1.82, 2.24) is 10.2 Å². The van der Waals surface area contributed by atoms with Crippen LogP contribution in [-0.4, -0.2) is 15.4 Å². The van der Waals surface area contributed by atoms with Gasteiger partial charge in [-0.05, 0) is 31.1 Å². The molecule has 84 valence electrons. The molecule has 2 N–H and O–H groups in total. The lowest BCUT2D eigenvalue weighted by molar-refractivity contribution is 0.309. The molecule has 2 unspecified atom stereocenters. The van der Waals surface area contributed by atoms with E-state index in [9.17, 15) is 0 Å². The van der Waals surface area contributed by atoms with Crippen LogP contribution in [0.25, 0.3) is 0 Å². The van der Waals surface area contributed by atoms with Gasteiger partial charge in [-0.25, -0.2) is 0 Å². The van der Waals surface area contributed by atoms with Gasteiger partial charge in [0.05, 0.1) is 0 Å². The van der Waals surface area contributed by atoms with E-state index in [1.807, 2.05) is 11.8 Å². The first-order chi connectivity index (χ1) is 7.13. The molecule has 1 aromatic heterocycles. The van der Waals surface area contributed by atoms with Gasteiger partial charge in [0.2, 0.25) is 5.13 Å². The maximum atomic E-state index is 5.57. The first kappa shape index (κ1) is 11.2. The first-order valence-electron chi connectivity index (χ1n) is 5.39. The fourth-order valence-electron chi connectivity index (χ4n) is 2.38. The van der Waals surface area contributed by atoms with E-state index in [-0.39, 0.29) is 0 Å². The topological polar surface area (TPSA) is 51.8 Å². The molecule has 1 fully saturated rings. The normalized spacial score (nSPS) is 31.7. The molecule has 2 rings (SSSR count). The highest BCUT2D eigenvalue weighted by atomic mass is 32.2. The molecule has 15 heavy (non-hydrogen) atoms. The summed E-state index contributed by atoms with van der Waals surface area (Å²) in [5.41, 5.74) is 5.57. The van der Waals surface area contributed by atoms with Crippen molar-refractivity contribution in [2.24, 2.45) is 11.8 Å². The molecule has 0 spiro atoms. The third kappa shape index (κ3) is 3.08. The van der Waals surface area contributed by atoms with E-state index in [2.05, 4.69) is 24.0 Å². The second kappa shape index (κ2) is 4.70. The van der Waals surface area contributed by atoms with Gasteiger partial charge in [0.25, 0.3) is 0 Å². The predicted molar refractivity (Wildman–Crippen MR) is 66.1 cm³/mol. The highest BCUT2D eigenvalue weighted by Gasteiger charge is 2.25. The van der Waals surface area contributed by atoms with Crippen molar-refractivity contribution in [1.29, 1.82) is 0 Å². The Kier molecular flexibility index (Phi) is 3.51. The van der Waals surface area contributed by atoms with Crippen molar-refractivity contribution in [3.05, 3.63) is 0 Å². The molecule has 0 aliphatic heterocycles. The molecule has 1 aliphatic carbocycles. The van der Waals surface area contributed by atoms with E-state index in [4.69, 9.17) is 5.73 Å². The Hall–Kier alpha value is -0.290. The smallest absolute Gasteiger partial charge is 0.203 e.